The third-order valence-electron chi connectivity index (χ3n) is 3.80. The van der Waals surface area contributed by atoms with Crippen LogP contribution in [0.5, 0.6) is 0 Å². The van der Waals surface area contributed by atoms with Crippen LogP contribution in [-0.4, -0.2) is 28.6 Å². The summed E-state index contributed by atoms with van der Waals surface area (Å²) in [6.45, 7) is 4.68. The average molecular weight is 265 g/mol. The number of hydrogen-bond acceptors (Lipinski definition) is 2. The minimum Gasteiger partial charge on any atom is -0.481 e. The molecule has 1 aromatic rings. The molecule has 0 saturated carbocycles. The normalized spacial score (nSPS) is 18.1. The number of halogens is 1. The highest BCUT2D eigenvalue weighted by Crippen LogP contribution is 2.37. The number of benzene rings is 1. The molecular weight excluding hydrogens is 245 g/mol. The van der Waals surface area contributed by atoms with Crippen molar-refractivity contribution in [3.8, 4) is 0 Å². The van der Waals surface area contributed by atoms with Crippen molar-refractivity contribution in [2.45, 2.75) is 45.2 Å². The molecule has 0 fully saturated rings. The summed E-state index contributed by atoms with van der Waals surface area (Å²) in [5, 5.41) is 8.84. The number of hydrogen-bond donors (Lipinski definition) is 1. The number of fused-ring (bicyclic) bond motifs is 1. The number of rotatable bonds is 5. The van der Waals surface area contributed by atoms with Gasteiger partial charge in [0.25, 0.3) is 0 Å². The van der Waals surface area contributed by atoms with Crippen molar-refractivity contribution < 1.29 is 14.3 Å². The molecule has 0 aliphatic heterocycles. The molecule has 0 radical (unpaired) electrons. The monoisotopic (exact) mass is 265 g/mol. The van der Waals surface area contributed by atoms with Gasteiger partial charge in [-0.15, -0.1) is 0 Å². The number of aryl methyl sites for hydroxylation is 1. The zero-order valence-electron chi connectivity index (χ0n) is 11.4. The van der Waals surface area contributed by atoms with E-state index < -0.39 is 5.97 Å². The van der Waals surface area contributed by atoms with Crippen molar-refractivity contribution >= 4 is 5.97 Å². The Bertz CT molecular complexity index is 473. The van der Waals surface area contributed by atoms with Crippen molar-refractivity contribution in [2.75, 3.05) is 6.54 Å². The van der Waals surface area contributed by atoms with Gasteiger partial charge in [0.05, 0.1) is 6.42 Å². The molecule has 1 aromatic carbocycles. The van der Waals surface area contributed by atoms with Crippen LogP contribution in [0.25, 0.3) is 0 Å². The molecule has 0 spiro atoms. The molecule has 104 valence electrons. The minimum absolute atomic E-state index is 0.144. The summed E-state index contributed by atoms with van der Waals surface area (Å²) in [4.78, 5) is 13.0. The van der Waals surface area contributed by atoms with Crippen LogP contribution in [0.2, 0.25) is 0 Å². The van der Waals surface area contributed by atoms with Crippen molar-refractivity contribution in [3.63, 3.8) is 0 Å². The Morgan fingerprint density at radius 2 is 2.26 bits per heavy atom. The Balaban J connectivity index is 2.19. The van der Waals surface area contributed by atoms with Crippen molar-refractivity contribution in [2.24, 2.45) is 0 Å². The van der Waals surface area contributed by atoms with E-state index in [4.69, 9.17) is 5.11 Å². The Morgan fingerprint density at radius 3 is 2.89 bits per heavy atom. The fourth-order valence-corrected chi connectivity index (χ4v) is 2.91. The van der Waals surface area contributed by atoms with E-state index in [9.17, 15) is 9.18 Å². The van der Waals surface area contributed by atoms with Crippen LogP contribution in [0.3, 0.4) is 0 Å². The second kappa shape index (κ2) is 5.70. The van der Waals surface area contributed by atoms with E-state index in [1.165, 1.54) is 6.07 Å². The van der Waals surface area contributed by atoms with Gasteiger partial charge in [-0.1, -0.05) is 6.07 Å². The largest absolute Gasteiger partial charge is 0.481 e. The molecule has 19 heavy (non-hydrogen) atoms. The zero-order valence-corrected chi connectivity index (χ0v) is 11.4. The first-order chi connectivity index (χ1) is 8.99. The van der Waals surface area contributed by atoms with E-state index in [0.29, 0.717) is 6.54 Å². The molecule has 3 nitrogen and oxygen atoms in total. The molecule has 0 amide bonds. The summed E-state index contributed by atoms with van der Waals surface area (Å²) in [7, 11) is 0. The van der Waals surface area contributed by atoms with Crippen LogP contribution < -0.4 is 0 Å². The fraction of sp³-hybridized carbons (Fsp3) is 0.533. The van der Waals surface area contributed by atoms with Gasteiger partial charge in [-0.05, 0) is 49.9 Å². The third kappa shape index (κ3) is 3.13. The molecule has 1 N–H and O–H groups in total. The lowest BCUT2D eigenvalue weighted by atomic mass is 10.0. The van der Waals surface area contributed by atoms with Crippen LogP contribution in [-0.2, 0) is 11.2 Å². The first-order valence-corrected chi connectivity index (χ1v) is 6.75. The molecule has 0 bridgehead atoms. The van der Waals surface area contributed by atoms with Crippen molar-refractivity contribution in [1.82, 2.24) is 4.90 Å². The van der Waals surface area contributed by atoms with Crippen LogP contribution in [0, 0.1) is 5.82 Å². The van der Waals surface area contributed by atoms with E-state index in [1.807, 2.05) is 6.07 Å². The lowest BCUT2D eigenvalue weighted by Gasteiger charge is -2.32. The van der Waals surface area contributed by atoms with Crippen LogP contribution in [0.4, 0.5) is 4.39 Å². The van der Waals surface area contributed by atoms with Gasteiger partial charge in [-0.25, -0.2) is 4.39 Å². The number of carboxylic acid groups (broad SMARTS) is 1. The molecule has 1 unspecified atom stereocenters. The van der Waals surface area contributed by atoms with E-state index in [1.54, 1.807) is 6.07 Å². The highest BCUT2D eigenvalue weighted by molar-refractivity contribution is 5.66. The van der Waals surface area contributed by atoms with Gasteiger partial charge in [0.1, 0.15) is 5.82 Å². The predicted octanol–water partition coefficient (Wildman–Crippen LogP) is 3.00. The molecule has 1 aliphatic rings. The second-order valence-corrected chi connectivity index (χ2v) is 5.37. The van der Waals surface area contributed by atoms with Crippen molar-refractivity contribution in [1.29, 1.82) is 0 Å². The van der Waals surface area contributed by atoms with Crippen molar-refractivity contribution in [3.05, 3.63) is 35.1 Å². The summed E-state index contributed by atoms with van der Waals surface area (Å²) in [6, 6.07) is 5.44. The van der Waals surface area contributed by atoms with E-state index >= 15 is 0 Å². The van der Waals surface area contributed by atoms with Crippen LogP contribution in [0.15, 0.2) is 18.2 Å². The summed E-state index contributed by atoms with van der Waals surface area (Å²) in [5.41, 5.74) is 2.21. The van der Waals surface area contributed by atoms with E-state index in [-0.39, 0.29) is 24.3 Å². The first kappa shape index (κ1) is 14.0. The maximum absolute atomic E-state index is 13.2. The molecule has 2 rings (SSSR count). The maximum Gasteiger partial charge on any atom is 0.304 e. The molecular formula is C15H20FNO2. The number of carbonyl (C=O) groups is 1. The summed E-state index contributed by atoms with van der Waals surface area (Å²) < 4.78 is 13.2. The van der Waals surface area contributed by atoms with E-state index in [0.717, 1.165) is 24.0 Å². The quantitative estimate of drug-likeness (QED) is 0.889. The first-order valence-electron chi connectivity index (χ1n) is 6.75. The summed E-state index contributed by atoms with van der Waals surface area (Å²) in [5.74, 6) is -0.969. The van der Waals surface area contributed by atoms with Gasteiger partial charge in [0, 0.05) is 18.6 Å². The van der Waals surface area contributed by atoms with Gasteiger partial charge in [0.15, 0.2) is 0 Å². The smallest absolute Gasteiger partial charge is 0.304 e. The SMILES string of the molecule is CC(C)N(CCC(=O)O)C1CCc2cc(F)ccc21. The summed E-state index contributed by atoms with van der Waals surface area (Å²) >= 11 is 0. The Kier molecular flexibility index (Phi) is 4.20. The average Bonchev–Trinajstić information content (AvgIpc) is 2.71. The van der Waals surface area contributed by atoms with Gasteiger partial charge in [-0.3, -0.25) is 9.69 Å². The standard InChI is InChI=1S/C15H20FNO2/c1-10(2)17(8-7-15(18)19)14-6-3-11-9-12(16)4-5-13(11)14/h4-5,9-10,14H,3,6-8H2,1-2H3,(H,18,19). The highest BCUT2D eigenvalue weighted by Gasteiger charge is 2.29. The Labute approximate surface area is 113 Å². The highest BCUT2D eigenvalue weighted by atomic mass is 19.1. The van der Waals surface area contributed by atoms with Gasteiger partial charge >= 0.3 is 5.97 Å². The summed E-state index contributed by atoms with van der Waals surface area (Å²) in [6.07, 6.45) is 1.95. The minimum atomic E-state index is -0.775. The van der Waals surface area contributed by atoms with Gasteiger partial charge in [0.2, 0.25) is 0 Å². The maximum atomic E-state index is 13.2. The van der Waals surface area contributed by atoms with Gasteiger partial charge in [-0.2, -0.15) is 0 Å². The zero-order chi connectivity index (χ0) is 14.0. The van der Waals surface area contributed by atoms with Crippen LogP contribution in [0.1, 0.15) is 43.9 Å². The van der Waals surface area contributed by atoms with Gasteiger partial charge < -0.3 is 5.11 Å². The second-order valence-electron chi connectivity index (χ2n) is 5.37. The Morgan fingerprint density at radius 1 is 1.53 bits per heavy atom. The molecule has 0 saturated heterocycles. The molecule has 1 aliphatic carbocycles. The predicted molar refractivity (Wildman–Crippen MR) is 71.6 cm³/mol. The Hall–Kier alpha value is -1.42. The molecule has 0 heterocycles. The van der Waals surface area contributed by atoms with Crippen LogP contribution >= 0.6 is 0 Å². The lowest BCUT2D eigenvalue weighted by molar-refractivity contribution is -0.137. The topological polar surface area (TPSA) is 40.5 Å². The lowest BCUT2D eigenvalue weighted by Crippen LogP contribution is -2.35. The fourth-order valence-electron chi connectivity index (χ4n) is 2.91. The number of carboxylic acids is 1. The van der Waals surface area contributed by atoms with E-state index in [2.05, 4.69) is 18.7 Å². The molecule has 0 aromatic heterocycles. The molecule has 1 atom stereocenters. The number of nitrogens with zero attached hydrogens (tertiary/aromatic N) is 1. The third-order valence-corrected chi connectivity index (χ3v) is 3.80. The number of aliphatic carboxylic acids is 1. The molecule has 4 heteroatoms.